The molecule has 118 valence electrons. The van der Waals surface area contributed by atoms with Crippen LogP contribution in [0.1, 0.15) is 38.3 Å². The monoisotopic (exact) mass is 292 g/mol. The van der Waals surface area contributed by atoms with Gasteiger partial charge in [0, 0.05) is 37.0 Å². The highest BCUT2D eigenvalue weighted by Gasteiger charge is 2.33. The minimum atomic E-state index is -0.0624. The van der Waals surface area contributed by atoms with Crippen LogP contribution in [0.4, 0.5) is 5.69 Å². The predicted molar refractivity (Wildman–Crippen MR) is 87.0 cm³/mol. The van der Waals surface area contributed by atoms with Gasteiger partial charge in [0.2, 0.25) is 0 Å². The van der Waals surface area contributed by atoms with Crippen LogP contribution in [0.5, 0.6) is 5.75 Å². The van der Waals surface area contributed by atoms with E-state index in [0.29, 0.717) is 12.6 Å². The van der Waals surface area contributed by atoms with E-state index in [0.717, 1.165) is 23.8 Å². The van der Waals surface area contributed by atoms with Gasteiger partial charge in [-0.05, 0) is 44.7 Å². The fraction of sp³-hybridized carbons (Fsp3) is 0.647. The van der Waals surface area contributed by atoms with E-state index >= 15 is 0 Å². The smallest absolute Gasteiger partial charge is 0.125 e. The molecule has 4 heteroatoms. The van der Waals surface area contributed by atoms with Gasteiger partial charge in [-0.3, -0.25) is 0 Å². The van der Waals surface area contributed by atoms with Crippen LogP contribution < -0.4 is 15.4 Å². The average Bonchev–Trinajstić information content (AvgIpc) is 3.31. The summed E-state index contributed by atoms with van der Waals surface area (Å²) >= 11 is 0. The molecular formula is C17H28N2O2. The molecule has 0 bridgehead atoms. The van der Waals surface area contributed by atoms with Gasteiger partial charge in [0.05, 0.1) is 13.7 Å². The Morgan fingerprint density at radius 1 is 1.29 bits per heavy atom. The molecule has 4 nitrogen and oxygen atoms in total. The van der Waals surface area contributed by atoms with E-state index in [1.165, 1.54) is 18.5 Å². The van der Waals surface area contributed by atoms with Crippen molar-refractivity contribution in [3.05, 3.63) is 23.8 Å². The average molecular weight is 292 g/mol. The molecule has 0 heterocycles. The van der Waals surface area contributed by atoms with Crippen molar-refractivity contribution in [2.45, 2.75) is 38.8 Å². The third kappa shape index (κ3) is 3.69. The number of methoxy groups -OCH3 is 2. The molecule has 21 heavy (non-hydrogen) atoms. The van der Waals surface area contributed by atoms with Crippen molar-refractivity contribution in [1.82, 2.24) is 0 Å². The number of nitrogens with two attached hydrogens (primary N) is 1. The predicted octanol–water partition coefficient (Wildman–Crippen LogP) is 2.97. The Morgan fingerprint density at radius 2 is 2.00 bits per heavy atom. The van der Waals surface area contributed by atoms with Crippen LogP contribution in [0.3, 0.4) is 0 Å². The summed E-state index contributed by atoms with van der Waals surface area (Å²) in [5.74, 6) is 1.65. The first-order valence-corrected chi connectivity index (χ1v) is 7.78. The Hall–Kier alpha value is -1.26. The van der Waals surface area contributed by atoms with Crippen molar-refractivity contribution >= 4 is 5.69 Å². The highest BCUT2D eigenvalue weighted by Crippen LogP contribution is 2.40. The molecule has 1 aromatic rings. The lowest BCUT2D eigenvalue weighted by molar-refractivity contribution is 0.202. The molecule has 2 N–H and O–H groups in total. The second-order valence-corrected chi connectivity index (χ2v) is 5.95. The molecule has 1 saturated carbocycles. The molecule has 1 unspecified atom stereocenters. The van der Waals surface area contributed by atoms with Crippen molar-refractivity contribution in [2.24, 2.45) is 11.7 Å². The zero-order valence-corrected chi connectivity index (χ0v) is 13.6. The molecule has 0 amide bonds. The summed E-state index contributed by atoms with van der Waals surface area (Å²) in [6, 6.07) is 6.62. The number of rotatable bonds is 8. The van der Waals surface area contributed by atoms with E-state index in [-0.39, 0.29) is 6.04 Å². The van der Waals surface area contributed by atoms with Gasteiger partial charge in [-0.25, -0.2) is 0 Å². The van der Waals surface area contributed by atoms with Gasteiger partial charge in [0.15, 0.2) is 0 Å². The molecule has 1 fully saturated rings. The van der Waals surface area contributed by atoms with Crippen LogP contribution in [-0.4, -0.2) is 33.4 Å². The zero-order valence-electron chi connectivity index (χ0n) is 13.6. The van der Waals surface area contributed by atoms with E-state index in [9.17, 15) is 0 Å². The molecule has 1 aliphatic carbocycles. The van der Waals surface area contributed by atoms with Crippen molar-refractivity contribution in [2.75, 3.05) is 32.3 Å². The Balaban J connectivity index is 2.37. The number of hydrogen-bond donors (Lipinski definition) is 1. The summed E-state index contributed by atoms with van der Waals surface area (Å²) < 4.78 is 10.8. The van der Waals surface area contributed by atoms with Crippen LogP contribution in [-0.2, 0) is 4.74 Å². The normalized spacial score (nSPS) is 17.4. The molecule has 1 aliphatic rings. The van der Waals surface area contributed by atoms with Crippen molar-refractivity contribution < 1.29 is 9.47 Å². The van der Waals surface area contributed by atoms with Crippen LogP contribution >= 0.6 is 0 Å². The van der Waals surface area contributed by atoms with Gasteiger partial charge < -0.3 is 20.1 Å². The molecule has 1 aromatic carbocycles. The molecule has 2 rings (SSSR count). The van der Waals surface area contributed by atoms with Crippen LogP contribution in [0.15, 0.2) is 18.2 Å². The highest BCUT2D eigenvalue weighted by molar-refractivity contribution is 5.61. The van der Waals surface area contributed by atoms with Gasteiger partial charge in [-0.2, -0.15) is 0 Å². The summed E-state index contributed by atoms with van der Waals surface area (Å²) in [7, 11) is 3.45. The highest BCUT2D eigenvalue weighted by atomic mass is 16.5. The van der Waals surface area contributed by atoms with E-state index in [2.05, 4.69) is 17.9 Å². The Labute approximate surface area is 128 Å². The summed E-state index contributed by atoms with van der Waals surface area (Å²) in [6.45, 7) is 5.91. The minimum absolute atomic E-state index is 0.0624. The van der Waals surface area contributed by atoms with Crippen molar-refractivity contribution in [3.8, 4) is 5.75 Å². The van der Waals surface area contributed by atoms with Crippen molar-refractivity contribution in [3.63, 3.8) is 0 Å². The first-order valence-electron chi connectivity index (χ1n) is 7.78. The summed E-state index contributed by atoms with van der Waals surface area (Å²) in [5.41, 5.74) is 8.48. The largest absolute Gasteiger partial charge is 0.496 e. The Kier molecular flexibility index (Phi) is 5.48. The maximum atomic E-state index is 6.21. The third-order valence-corrected chi connectivity index (χ3v) is 4.36. The standard InChI is InChI=1S/C17H28N2O2/c1-12(18)17-15(6-5-7-16(17)21-4)19(10-11-20-3)13(2)14-8-9-14/h5-7,12-14H,8-11,18H2,1-4H3/t12-,13?/m1/s1. The Morgan fingerprint density at radius 3 is 2.52 bits per heavy atom. The lowest BCUT2D eigenvalue weighted by atomic mass is 10.0. The van der Waals surface area contributed by atoms with Gasteiger partial charge in [0.1, 0.15) is 5.75 Å². The number of hydrogen-bond acceptors (Lipinski definition) is 4. The quantitative estimate of drug-likeness (QED) is 0.800. The molecule has 0 aliphatic heterocycles. The second kappa shape index (κ2) is 7.14. The van der Waals surface area contributed by atoms with Crippen molar-refractivity contribution in [1.29, 1.82) is 0 Å². The summed E-state index contributed by atoms with van der Waals surface area (Å²) in [6.07, 6.45) is 2.64. The van der Waals surface area contributed by atoms with Gasteiger partial charge in [-0.1, -0.05) is 6.07 Å². The topological polar surface area (TPSA) is 47.7 Å². The number of nitrogens with zero attached hydrogens (tertiary/aromatic N) is 1. The lowest BCUT2D eigenvalue weighted by Gasteiger charge is -2.34. The number of anilines is 1. The van der Waals surface area contributed by atoms with Gasteiger partial charge in [-0.15, -0.1) is 0 Å². The molecule has 0 aromatic heterocycles. The molecular weight excluding hydrogens is 264 g/mol. The SMILES string of the molecule is COCCN(c1cccc(OC)c1[C@@H](C)N)C(C)C1CC1. The van der Waals surface area contributed by atoms with E-state index < -0.39 is 0 Å². The fourth-order valence-electron chi connectivity index (χ4n) is 2.98. The maximum absolute atomic E-state index is 6.21. The molecule has 2 atom stereocenters. The van der Waals surface area contributed by atoms with E-state index in [4.69, 9.17) is 15.2 Å². The van der Waals surface area contributed by atoms with Gasteiger partial charge >= 0.3 is 0 Å². The number of benzene rings is 1. The summed E-state index contributed by atoms with van der Waals surface area (Å²) in [5, 5.41) is 0. The Bertz CT molecular complexity index is 458. The zero-order chi connectivity index (χ0) is 15.4. The lowest BCUT2D eigenvalue weighted by Crippen LogP contribution is -2.38. The minimum Gasteiger partial charge on any atom is -0.496 e. The number of ether oxygens (including phenoxy) is 2. The first-order chi connectivity index (χ1) is 10.1. The third-order valence-electron chi connectivity index (χ3n) is 4.36. The summed E-state index contributed by atoms with van der Waals surface area (Å²) in [4.78, 5) is 2.43. The van der Waals surface area contributed by atoms with Crippen LogP contribution in [0, 0.1) is 5.92 Å². The molecule has 0 spiro atoms. The molecule has 0 radical (unpaired) electrons. The van der Waals surface area contributed by atoms with Crippen LogP contribution in [0.2, 0.25) is 0 Å². The fourth-order valence-corrected chi connectivity index (χ4v) is 2.98. The van der Waals surface area contributed by atoms with E-state index in [1.54, 1.807) is 14.2 Å². The molecule has 0 saturated heterocycles. The first kappa shape index (κ1) is 16.1. The van der Waals surface area contributed by atoms with Crippen LogP contribution in [0.25, 0.3) is 0 Å². The van der Waals surface area contributed by atoms with E-state index in [1.807, 2.05) is 19.1 Å². The second-order valence-electron chi connectivity index (χ2n) is 5.95. The van der Waals surface area contributed by atoms with Gasteiger partial charge in [0.25, 0.3) is 0 Å². The maximum Gasteiger partial charge on any atom is 0.125 e.